The van der Waals surface area contributed by atoms with Crippen molar-refractivity contribution < 1.29 is 13.6 Å². The van der Waals surface area contributed by atoms with Gasteiger partial charge in [-0.2, -0.15) is 0 Å². The summed E-state index contributed by atoms with van der Waals surface area (Å²) >= 11 is 0. The molecule has 46 valence electrons. The Balaban J connectivity index is 4.07. The van der Waals surface area contributed by atoms with Gasteiger partial charge >= 0.3 is 5.97 Å². The molecule has 0 aliphatic carbocycles. The van der Waals surface area contributed by atoms with Gasteiger partial charge in [0.05, 0.1) is 8.98 Å². The highest BCUT2D eigenvalue weighted by Gasteiger charge is 2.04. The molecule has 3 heteroatoms. The van der Waals surface area contributed by atoms with Gasteiger partial charge in [-0.05, 0) is 6.92 Å². The van der Waals surface area contributed by atoms with Crippen molar-refractivity contribution in [3.8, 4) is 0 Å². The van der Waals surface area contributed by atoms with E-state index in [0.717, 1.165) is 0 Å². The van der Waals surface area contributed by atoms with Crippen LogP contribution in [0.25, 0.3) is 0 Å². The summed E-state index contributed by atoms with van der Waals surface area (Å²) in [7, 11) is 0. The maximum absolute atomic E-state index is 10.6. The van der Waals surface area contributed by atoms with Gasteiger partial charge in [-0.3, -0.25) is 0 Å². The number of rotatable bonds is 2. The number of hydrogen-bond acceptors (Lipinski definition) is 3. The minimum Gasteiger partial charge on any atom is -0.434 e. The molecular weight excluding hydrogens is 106 g/mol. The SMILES string of the molecule is [2H]C([2H])=C([2H])OC(=O)[C@H](C)N. The molecule has 1 atom stereocenters. The first-order valence-electron chi connectivity index (χ1n) is 3.56. The first-order valence-corrected chi connectivity index (χ1v) is 2.06. The number of ether oxygens (including phenoxy) is 1. The zero-order chi connectivity index (χ0) is 9.02. The van der Waals surface area contributed by atoms with E-state index in [0.29, 0.717) is 0 Å². The highest BCUT2D eigenvalue weighted by Crippen LogP contribution is 1.81. The molecule has 0 amide bonds. The summed E-state index contributed by atoms with van der Waals surface area (Å²) in [5.41, 5.74) is 5.08. The Labute approximate surface area is 52.3 Å². The van der Waals surface area contributed by atoms with Crippen molar-refractivity contribution in [2.75, 3.05) is 0 Å². The number of hydrogen-bond donors (Lipinski definition) is 1. The number of carbonyl (C=O) groups is 1. The van der Waals surface area contributed by atoms with Gasteiger partial charge in [0.1, 0.15) is 7.41 Å². The van der Waals surface area contributed by atoms with Crippen molar-refractivity contribution in [1.29, 1.82) is 0 Å². The zero-order valence-corrected chi connectivity index (χ0v) is 4.47. The number of carbonyl (C=O) groups excluding carboxylic acids is 1. The van der Waals surface area contributed by atoms with Gasteiger partial charge in [0.2, 0.25) is 0 Å². The predicted octanol–water partition coefficient (Wildman–Crippen LogP) is 0.0203. The normalized spacial score (nSPS) is 17.0. The van der Waals surface area contributed by atoms with Crippen molar-refractivity contribution in [3.05, 3.63) is 12.8 Å². The van der Waals surface area contributed by atoms with Gasteiger partial charge in [-0.25, -0.2) is 4.79 Å². The fraction of sp³-hybridized carbons (Fsp3) is 0.400. The van der Waals surface area contributed by atoms with Crippen LogP contribution in [0.1, 0.15) is 11.0 Å². The van der Waals surface area contributed by atoms with Crippen molar-refractivity contribution in [2.24, 2.45) is 5.73 Å². The molecule has 0 heterocycles. The maximum atomic E-state index is 10.6. The summed E-state index contributed by atoms with van der Waals surface area (Å²) in [5, 5.41) is 0. The molecule has 0 aliphatic heterocycles. The number of nitrogens with two attached hydrogens (primary N) is 1. The second-order valence-corrected chi connectivity index (χ2v) is 1.31. The van der Waals surface area contributed by atoms with Crippen LogP contribution in [-0.2, 0) is 9.53 Å². The Morgan fingerprint density at radius 1 is 2.38 bits per heavy atom. The van der Waals surface area contributed by atoms with Gasteiger partial charge in [0, 0.05) is 0 Å². The average molecular weight is 118 g/mol. The smallest absolute Gasteiger partial charge is 0.327 e. The molecule has 0 radical (unpaired) electrons. The van der Waals surface area contributed by atoms with E-state index in [-0.39, 0.29) is 0 Å². The summed E-state index contributed by atoms with van der Waals surface area (Å²) in [4.78, 5) is 10.6. The summed E-state index contributed by atoms with van der Waals surface area (Å²) in [6, 6.07) is -0.838. The summed E-state index contributed by atoms with van der Waals surface area (Å²) < 4.78 is 24.1. The third kappa shape index (κ3) is 2.36. The van der Waals surface area contributed by atoms with Crippen LogP contribution in [0.2, 0.25) is 0 Å². The standard InChI is InChI=1S/C5H9NO2/c1-3-8-5(7)4(2)6/h3-4H,1,6H2,2H3/t4-/m0/s1/i1D2,3D. The van der Waals surface area contributed by atoms with E-state index in [9.17, 15) is 4.79 Å². The Morgan fingerprint density at radius 2 is 3.00 bits per heavy atom. The third-order valence-electron chi connectivity index (χ3n) is 0.523. The minimum atomic E-state index is -0.848. The highest BCUT2D eigenvalue weighted by molar-refractivity contribution is 5.75. The Bertz CT molecular complexity index is 186. The fourth-order valence-electron chi connectivity index (χ4n) is 0.143. The molecule has 0 aromatic carbocycles. The van der Waals surface area contributed by atoms with Crippen LogP contribution >= 0.6 is 0 Å². The summed E-state index contributed by atoms with van der Waals surface area (Å²) in [6.45, 7) is 0.544. The average Bonchev–Trinajstić information content (AvgIpc) is 1.87. The molecule has 3 nitrogen and oxygen atoms in total. The fourth-order valence-corrected chi connectivity index (χ4v) is 0.143. The highest BCUT2D eigenvalue weighted by atomic mass is 16.5. The van der Waals surface area contributed by atoms with Crippen LogP contribution in [0, 0.1) is 0 Å². The topological polar surface area (TPSA) is 52.3 Å². The first kappa shape index (κ1) is 3.25. The lowest BCUT2D eigenvalue weighted by atomic mass is 10.4. The lowest BCUT2D eigenvalue weighted by molar-refractivity contribution is -0.139. The molecular formula is C5H9NO2. The van der Waals surface area contributed by atoms with Crippen molar-refractivity contribution >= 4 is 5.97 Å². The van der Waals surface area contributed by atoms with Crippen LogP contribution in [0.4, 0.5) is 0 Å². The van der Waals surface area contributed by atoms with Crippen molar-refractivity contribution in [3.63, 3.8) is 0 Å². The molecule has 0 saturated carbocycles. The first-order chi connectivity index (χ1) is 4.95. The van der Waals surface area contributed by atoms with E-state index in [1.165, 1.54) is 6.92 Å². The predicted molar refractivity (Wildman–Crippen MR) is 29.9 cm³/mol. The van der Waals surface area contributed by atoms with E-state index in [1.54, 1.807) is 0 Å². The molecule has 0 fully saturated rings. The molecule has 0 aliphatic rings. The summed E-state index contributed by atoms with van der Waals surface area (Å²) in [6.07, 6.45) is -0.785. The molecule has 2 N–H and O–H groups in total. The Hall–Kier alpha value is -0.830. The Kier molecular flexibility index (Phi) is 1.30. The van der Waals surface area contributed by atoms with E-state index in [1.807, 2.05) is 0 Å². The van der Waals surface area contributed by atoms with Crippen LogP contribution in [0.3, 0.4) is 0 Å². The van der Waals surface area contributed by atoms with Crippen LogP contribution < -0.4 is 5.73 Å². The quantitative estimate of drug-likeness (QED) is 0.411. The molecule has 0 saturated heterocycles. The number of esters is 1. The molecule has 0 bridgehead atoms. The monoisotopic (exact) mass is 118 g/mol. The zero-order valence-electron chi connectivity index (χ0n) is 7.47. The lowest BCUT2D eigenvalue weighted by Gasteiger charge is -1.99. The van der Waals surface area contributed by atoms with E-state index >= 15 is 0 Å². The minimum absolute atomic E-state index is 0.785. The molecule has 0 unspecified atom stereocenters. The van der Waals surface area contributed by atoms with Crippen molar-refractivity contribution in [1.82, 2.24) is 0 Å². The largest absolute Gasteiger partial charge is 0.434 e. The maximum Gasteiger partial charge on any atom is 0.327 e. The Morgan fingerprint density at radius 3 is 3.38 bits per heavy atom. The van der Waals surface area contributed by atoms with Gasteiger partial charge in [-0.1, -0.05) is 6.53 Å². The van der Waals surface area contributed by atoms with E-state index < -0.39 is 24.8 Å². The molecule has 0 spiro atoms. The van der Waals surface area contributed by atoms with Gasteiger partial charge in [0.15, 0.2) is 0 Å². The second-order valence-electron chi connectivity index (χ2n) is 1.31. The van der Waals surface area contributed by atoms with E-state index in [2.05, 4.69) is 4.74 Å². The molecule has 0 aromatic rings. The lowest BCUT2D eigenvalue weighted by Crippen LogP contribution is -2.27. The third-order valence-corrected chi connectivity index (χ3v) is 0.523. The second kappa shape index (κ2) is 3.21. The molecule has 8 heavy (non-hydrogen) atoms. The van der Waals surface area contributed by atoms with E-state index in [4.69, 9.17) is 9.85 Å². The van der Waals surface area contributed by atoms with Crippen LogP contribution in [0.15, 0.2) is 12.8 Å². The van der Waals surface area contributed by atoms with Gasteiger partial charge < -0.3 is 10.5 Å². The molecule has 0 aromatic heterocycles. The summed E-state index contributed by atoms with van der Waals surface area (Å²) in [5.74, 6) is -0.813. The van der Waals surface area contributed by atoms with Crippen molar-refractivity contribution in [2.45, 2.75) is 13.0 Å². The van der Waals surface area contributed by atoms with Gasteiger partial charge in [-0.15, -0.1) is 0 Å². The van der Waals surface area contributed by atoms with Crippen LogP contribution in [0.5, 0.6) is 0 Å². The van der Waals surface area contributed by atoms with Gasteiger partial charge in [0.25, 0.3) is 0 Å². The molecule has 0 rings (SSSR count). The van der Waals surface area contributed by atoms with Crippen LogP contribution in [-0.4, -0.2) is 12.0 Å².